The van der Waals surface area contributed by atoms with E-state index < -0.39 is 0 Å². The Hall–Kier alpha value is -3.35. The van der Waals surface area contributed by atoms with E-state index in [1.165, 1.54) is 0 Å². The molecule has 0 aliphatic carbocycles. The number of carbonyl (C=O) groups excluding carboxylic acids is 2. The molecular weight excluding hydrogens is 392 g/mol. The van der Waals surface area contributed by atoms with Gasteiger partial charge in [0.05, 0.1) is 30.1 Å². The van der Waals surface area contributed by atoms with Crippen LogP contribution in [0, 0.1) is 5.92 Å². The molecule has 4 rings (SSSR count). The number of aromatic nitrogens is 2. The van der Waals surface area contributed by atoms with E-state index in [9.17, 15) is 9.59 Å². The zero-order chi connectivity index (χ0) is 22.0. The van der Waals surface area contributed by atoms with Gasteiger partial charge in [0.1, 0.15) is 11.6 Å². The van der Waals surface area contributed by atoms with Crippen LogP contribution < -0.4 is 10.1 Å². The summed E-state index contributed by atoms with van der Waals surface area (Å²) < 4.78 is 7.30. The number of benzene rings is 2. The molecule has 0 saturated carbocycles. The Morgan fingerprint density at radius 2 is 1.90 bits per heavy atom. The molecule has 7 nitrogen and oxygen atoms in total. The third kappa shape index (κ3) is 4.13. The first-order valence-corrected chi connectivity index (χ1v) is 10.6. The lowest BCUT2D eigenvalue weighted by atomic mass is 9.84. The predicted molar refractivity (Wildman–Crippen MR) is 119 cm³/mol. The number of nitrogens with zero attached hydrogens (tertiary/aromatic N) is 3. The fraction of sp³-hybridized carbons (Fsp3) is 0.375. The summed E-state index contributed by atoms with van der Waals surface area (Å²) in [5.74, 6) is 1.42. The summed E-state index contributed by atoms with van der Waals surface area (Å²) in [7, 11) is 5.39. The number of hydrogen-bond donors (Lipinski definition) is 1. The van der Waals surface area contributed by atoms with Crippen LogP contribution in [-0.4, -0.2) is 47.0 Å². The van der Waals surface area contributed by atoms with Crippen molar-refractivity contribution in [3.8, 4) is 5.75 Å². The van der Waals surface area contributed by atoms with Crippen molar-refractivity contribution in [2.24, 2.45) is 13.0 Å². The Labute approximate surface area is 182 Å². The van der Waals surface area contributed by atoms with Crippen LogP contribution >= 0.6 is 0 Å². The van der Waals surface area contributed by atoms with Crippen molar-refractivity contribution in [2.45, 2.75) is 25.3 Å². The number of imidazole rings is 1. The molecule has 2 aromatic carbocycles. The number of methoxy groups -OCH3 is 1. The highest BCUT2D eigenvalue weighted by atomic mass is 16.5. The molecule has 1 saturated heterocycles. The average Bonchev–Trinajstić information content (AvgIpc) is 3.11. The number of aryl methyl sites for hydroxylation is 1. The van der Waals surface area contributed by atoms with Gasteiger partial charge in [0.2, 0.25) is 11.8 Å². The highest BCUT2D eigenvalue weighted by Crippen LogP contribution is 2.36. The predicted octanol–water partition coefficient (Wildman–Crippen LogP) is 2.85. The topological polar surface area (TPSA) is 76.5 Å². The highest BCUT2D eigenvalue weighted by molar-refractivity contribution is 5.85. The Balaban J connectivity index is 1.46. The van der Waals surface area contributed by atoms with Crippen molar-refractivity contribution < 1.29 is 14.3 Å². The third-order valence-corrected chi connectivity index (χ3v) is 6.18. The molecule has 2 heterocycles. The maximum absolute atomic E-state index is 13.1. The second kappa shape index (κ2) is 8.79. The number of likely N-dealkylation sites (tertiary alicyclic amines) is 1. The van der Waals surface area contributed by atoms with Crippen LogP contribution in [0.2, 0.25) is 0 Å². The molecule has 0 unspecified atom stereocenters. The quantitative estimate of drug-likeness (QED) is 0.665. The summed E-state index contributed by atoms with van der Waals surface area (Å²) >= 11 is 0. The van der Waals surface area contributed by atoms with Crippen molar-refractivity contribution >= 4 is 22.8 Å². The van der Waals surface area contributed by atoms with Crippen LogP contribution in [0.1, 0.15) is 30.3 Å². The Morgan fingerprint density at radius 3 is 2.61 bits per heavy atom. The molecule has 0 bridgehead atoms. The van der Waals surface area contributed by atoms with Crippen molar-refractivity contribution in [1.82, 2.24) is 19.8 Å². The molecule has 1 aliphatic heterocycles. The number of hydrogen-bond acceptors (Lipinski definition) is 4. The van der Waals surface area contributed by atoms with Gasteiger partial charge in [-0.3, -0.25) is 9.59 Å². The van der Waals surface area contributed by atoms with Crippen molar-refractivity contribution in [3.63, 3.8) is 0 Å². The molecule has 1 N–H and O–H groups in total. The number of ether oxygens (including phenoxy) is 1. The number of piperidine rings is 1. The standard InChI is InChI=1S/C24H28N4O3/c1-27-20-7-5-4-6-19(20)26-21(27)14-15-25-24(30)18-12-13-22(29)28(2)23(18)16-8-10-17(31-3)11-9-16/h4-11,18,23H,12-15H2,1-3H3,(H,25,30)/t18-,23+/m1/s1. The summed E-state index contributed by atoms with van der Waals surface area (Å²) in [5, 5.41) is 3.08. The largest absolute Gasteiger partial charge is 0.497 e. The van der Waals surface area contributed by atoms with E-state index in [0.29, 0.717) is 25.8 Å². The maximum atomic E-state index is 13.1. The second-order valence-electron chi connectivity index (χ2n) is 7.98. The van der Waals surface area contributed by atoms with Gasteiger partial charge in [-0.05, 0) is 36.2 Å². The Bertz CT molecular complexity index is 1090. The van der Waals surface area contributed by atoms with E-state index in [2.05, 4.69) is 14.9 Å². The van der Waals surface area contributed by atoms with Crippen LogP contribution in [0.15, 0.2) is 48.5 Å². The van der Waals surface area contributed by atoms with Crippen molar-refractivity contribution in [3.05, 3.63) is 59.9 Å². The minimum Gasteiger partial charge on any atom is -0.497 e. The van der Waals surface area contributed by atoms with Crippen LogP contribution in [-0.2, 0) is 23.1 Å². The lowest BCUT2D eigenvalue weighted by Crippen LogP contribution is -2.46. The molecule has 0 spiro atoms. The summed E-state index contributed by atoms with van der Waals surface area (Å²) in [6.07, 6.45) is 1.57. The van der Waals surface area contributed by atoms with Crippen LogP contribution in [0.5, 0.6) is 5.75 Å². The molecule has 31 heavy (non-hydrogen) atoms. The van der Waals surface area contributed by atoms with E-state index >= 15 is 0 Å². The molecule has 0 radical (unpaired) electrons. The maximum Gasteiger partial charge on any atom is 0.225 e. The van der Waals surface area contributed by atoms with E-state index in [4.69, 9.17) is 4.74 Å². The van der Waals surface area contributed by atoms with Crippen LogP contribution in [0.3, 0.4) is 0 Å². The fourth-order valence-electron chi connectivity index (χ4n) is 4.42. The molecule has 3 aromatic rings. The minimum atomic E-state index is -0.295. The lowest BCUT2D eigenvalue weighted by molar-refractivity contribution is -0.141. The number of fused-ring (bicyclic) bond motifs is 1. The molecule has 1 fully saturated rings. The van der Waals surface area contributed by atoms with Crippen molar-refractivity contribution in [2.75, 3.05) is 20.7 Å². The molecule has 162 valence electrons. The molecular formula is C24H28N4O3. The van der Waals surface area contributed by atoms with Gasteiger partial charge >= 0.3 is 0 Å². The number of amides is 2. The average molecular weight is 421 g/mol. The van der Waals surface area contributed by atoms with Gasteiger partial charge in [0, 0.05) is 33.5 Å². The second-order valence-corrected chi connectivity index (χ2v) is 7.98. The highest BCUT2D eigenvalue weighted by Gasteiger charge is 2.38. The van der Waals surface area contributed by atoms with E-state index in [-0.39, 0.29) is 23.8 Å². The minimum absolute atomic E-state index is 0.0288. The fourth-order valence-corrected chi connectivity index (χ4v) is 4.42. The van der Waals surface area contributed by atoms with Crippen LogP contribution in [0.4, 0.5) is 0 Å². The number of rotatable bonds is 6. The molecule has 1 aromatic heterocycles. The SMILES string of the molecule is COc1ccc([C@H]2[C@H](C(=O)NCCc3nc4ccccc4n3C)CCC(=O)N2C)cc1. The third-order valence-electron chi connectivity index (χ3n) is 6.18. The zero-order valence-corrected chi connectivity index (χ0v) is 18.2. The van der Waals surface area contributed by atoms with Gasteiger partial charge in [-0.2, -0.15) is 0 Å². The molecule has 2 amide bonds. The van der Waals surface area contributed by atoms with E-state index in [0.717, 1.165) is 28.2 Å². The number of nitrogens with one attached hydrogen (secondary N) is 1. The molecule has 2 atom stereocenters. The lowest BCUT2D eigenvalue weighted by Gasteiger charge is -2.38. The first-order chi connectivity index (χ1) is 15.0. The van der Waals surface area contributed by atoms with E-state index in [1.54, 1.807) is 19.1 Å². The Morgan fingerprint density at radius 1 is 1.16 bits per heavy atom. The van der Waals surface area contributed by atoms with Gasteiger partial charge in [0.25, 0.3) is 0 Å². The first-order valence-electron chi connectivity index (χ1n) is 10.6. The summed E-state index contributed by atoms with van der Waals surface area (Å²) in [5.41, 5.74) is 2.97. The zero-order valence-electron chi connectivity index (χ0n) is 18.2. The summed E-state index contributed by atoms with van der Waals surface area (Å²) in [6, 6.07) is 15.3. The smallest absolute Gasteiger partial charge is 0.225 e. The molecule has 1 aliphatic rings. The van der Waals surface area contributed by atoms with Crippen LogP contribution in [0.25, 0.3) is 11.0 Å². The number of carbonyl (C=O) groups is 2. The van der Waals surface area contributed by atoms with Gasteiger partial charge in [0.15, 0.2) is 0 Å². The van der Waals surface area contributed by atoms with Gasteiger partial charge in [-0.25, -0.2) is 4.98 Å². The van der Waals surface area contributed by atoms with E-state index in [1.807, 2.05) is 55.6 Å². The summed E-state index contributed by atoms with van der Waals surface area (Å²) in [4.78, 5) is 31.8. The Kier molecular flexibility index (Phi) is 5.93. The van der Waals surface area contributed by atoms with Crippen molar-refractivity contribution in [1.29, 1.82) is 0 Å². The van der Waals surface area contributed by atoms with Gasteiger partial charge < -0.3 is 19.5 Å². The molecule has 7 heteroatoms. The van der Waals surface area contributed by atoms with Gasteiger partial charge in [-0.1, -0.05) is 24.3 Å². The first kappa shape index (κ1) is 20.9. The number of para-hydroxylation sites is 2. The van der Waals surface area contributed by atoms with Gasteiger partial charge in [-0.15, -0.1) is 0 Å². The monoisotopic (exact) mass is 420 g/mol. The summed E-state index contributed by atoms with van der Waals surface area (Å²) in [6.45, 7) is 0.499. The normalized spacial score (nSPS) is 18.9.